The fourth-order valence-corrected chi connectivity index (χ4v) is 1.19. The zero-order chi connectivity index (χ0) is 9.52. The highest BCUT2D eigenvalue weighted by Crippen LogP contribution is 2.00. The average molecular weight is 198 g/mol. The lowest BCUT2D eigenvalue weighted by molar-refractivity contribution is -0.118. The molecule has 1 aromatic rings. The summed E-state index contributed by atoms with van der Waals surface area (Å²) in [5.41, 5.74) is 0.835. The summed E-state index contributed by atoms with van der Waals surface area (Å²) in [5, 5.41) is 0. The smallest absolute Gasteiger partial charge is 0.138 e. The van der Waals surface area contributed by atoms with Gasteiger partial charge in [0.1, 0.15) is 5.78 Å². The molecule has 2 nitrogen and oxygen atoms in total. The third kappa shape index (κ3) is 4.04. The highest BCUT2D eigenvalue weighted by molar-refractivity contribution is 6.17. The van der Waals surface area contributed by atoms with E-state index in [1.807, 2.05) is 18.2 Å². The largest absolute Gasteiger partial charge is 0.299 e. The first kappa shape index (κ1) is 10.2. The third-order valence-corrected chi connectivity index (χ3v) is 1.96. The molecule has 0 spiro atoms. The van der Waals surface area contributed by atoms with Gasteiger partial charge in [0.05, 0.1) is 0 Å². The highest BCUT2D eigenvalue weighted by atomic mass is 35.5. The van der Waals surface area contributed by atoms with Crippen molar-refractivity contribution in [3.05, 3.63) is 30.1 Å². The molecular formula is C10H12ClNO. The molecule has 0 N–H and O–H groups in total. The Hall–Kier alpha value is -0.890. The summed E-state index contributed by atoms with van der Waals surface area (Å²) in [6.07, 6.45) is 3.44. The zero-order valence-electron chi connectivity index (χ0n) is 7.37. The molecule has 0 saturated heterocycles. The number of aromatic nitrogens is 1. The molecule has 0 saturated carbocycles. The van der Waals surface area contributed by atoms with Crippen LogP contribution < -0.4 is 0 Å². The number of hydrogen-bond donors (Lipinski definition) is 0. The maximum Gasteiger partial charge on any atom is 0.138 e. The van der Waals surface area contributed by atoms with Gasteiger partial charge in [0, 0.05) is 30.6 Å². The van der Waals surface area contributed by atoms with Crippen LogP contribution in [0.5, 0.6) is 0 Å². The highest BCUT2D eigenvalue weighted by Gasteiger charge is 2.02. The maximum atomic E-state index is 11.3. The first-order chi connectivity index (χ1) is 6.33. The second-order valence-electron chi connectivity index (χ2n) is 2.83. The van der Waals surface area contributed by atoms with Crippen molar-refractivity contribution in [1.29, 1.82) is 0 Å². The Balaban J connectivity index is 2.37. The van der Waals surface area contributed by atoms with Gasteiger partial charge in [0.2, 0.25) is 0 Å². The van der Waals surface area contributed by atoms with Crippen LogP contribution in [0.25, 0.3) is 0 Å². The Bertz CT molecular complexity index is 261. The molecule has 1 rings (SSSR count). The predicted molar refractivity (Wildman–Crippen MR) is 52.9 cm³/mol. The Kier molecular flexibility index (Phi) is 4.47. The monoisotopic (exact) mass is 197 g/mol. The first-order valence-corrected chi connectivity index (χ1v) is 4.84. The molecule has 0 aliphatic heterocycles. The van der Waals surface area contributed by atoms with Crippen LogP contribution in [-0.2, 0) is 11.2 Å². The third-order valence-electron chi connectivity index (χ3n) is 1.69. The van der Waals surface area contributed by atoms with Crippen LogP contribution >= 0.6 is 11.6 Å². The molecule has 3 heteroatoms. The molecule has 0 amide bonds. The van der Waals surface area contributed by atoms with Crippen molar-refractivity contribution in [2.45, 2.75) is 19.3 Å². The molecule has 0 aliphatic rings. The fourth-order valence-electron chi connectivity index (χ4n) is 1.06. The summed E-state index contributed by atoms with van der Waals surface area (Å²) in [4.78, 5) is 15.3. The normalized spacial score (nSPS) is 9.92. The summed E-state index contributed by atoms with van der Waals surface area (Å²) in [6.45, 7) is 0. The van der Waals surface area contributed by atoms with E-state index in [2.05, 4.69) is 4.98 Å². The van der Waals surface area contributed by atoms with Crippen LogP contribution in [0.3, 0.4) is 0 Å². The number of ketones is 1. The SMILES string of the molecule is O=C(CCCCl)Cc1ccccn1. The van der Waals surface area contributed by atoms with E-state index in [0.717, 1.165) is 12.1 Å². The minimum atomic E-state index is 0.208. The lowest BCUT2D eigenvalue weighted by Gasteiger charge is -1.98. The fraction of sp³-hybridized carbons (Fsp3) is 0.400. The minimum Gasteiger partial charge on any atom is -0.299 e. The average Bonchev–Trinajstić information content (AvgIpc) is 2.16. The van der Waals surface area contributed by atoms with E-state index in [4.69, 9.17) is 11.6 Å². The molecule has 70 valence electrons. The summed E-state index contributed by atoms with van der Waals surface area (Å²) in [7, 11) is 0. The number of halogens is 1. The lowest BCUT2D eigenvalue weighted by Crippen LogP contribution is -2.03. The van der Waals surface area contributed by atoms with E-state index in [0.29, 0.717) is 18.7 Å². The number of alkyl halides is 1. The summed E-state index contributed by atoms with van der Waals surface area (Å²) < 4.78 is 0. The van der Waals surface area contributed by atoms with E-state index in [1.165, 1.54) is 0 Å². The molecule has 1 aromatic heterocycles. The Morgan fingerprint density at radius 2 is 2.31 bits per heavy atom. The van der Waals surface area contributed by atoms with Crippen molar-refractivity contribution in [3.63, 3.8) is 0 Å². The van der Waals surface area contributed by atoms with Crippen molar-refractivity contribution in [2.75, 3.05) is 5.88 Å². The van der Waals surface area contributed by atoms with E-state index < -0.39 is 0 Å². The number of carbonyl (C=O) groups is 1. The quantitative estimate of drug-likeness (QED) is 0.678. The van der Waals surface area contributed by atoms with Gasteiger partial charge in [0.25, 0.3) is 0 Å². The van der Waals surface area contributed by atoms with Gasteiger partial charge < -0.3 is 0 Å². The predicted octanol–water partition coefficient (Wildman–Crippen LogP) is 2.21. The van der Waals surface area contributed by atoms with Crippen LogP contribution in [0.4, 0.5) is 0 Å². The Morgan fingerprint density at radius 3 is 2.92 bits per heavy atom. The molecule has 0 radical (unpaired) electrons. The van der Waals surface area contributed by atoms with Gasteiger partial charge in [-0.15, -0.1) is 11.6 Å². The second kappa shape index (κ2) is 5.70. The van der Waals surface area contributed by atoms with Gasteiger partial charge in [-0.05, 0) is 18.6 Å². The first-order valence-electron chi connectivity index (χ1n) is 4.30. The number of rotatable bonds is 5. The van der Waals surface area contributed by atoms with Gasteiger partial charge in [0.15, 0.2) is 0 Å². The van der Waals surface area contributed by atoms with Crippen molar-refractivity contribution >= 4 is 17.4 Å². The van der Waals surface area contributed by atoms with Crippen LogP contribution in [0, 0.1) is 0 Å². The molecule has 0 aliphatic carbocycles. The lowest BCUT2D eigenvalue weighted by atomic mass is 10.1. The molecule has 1 heterocycles. The van der Waals surface area contributed by atoms with E-state index >= 15 is 0 Å². The summed E-state index contributed by atoms with van der Waals surface area (Å²) in [6, 6.07) is 5.59. The standard InChI is InChI=1S/C10H12ClNO/c11-6-3-5-10(13)8-9-4-1-2-7-12-9/h1-2,4,7H,3,5-6,8H2. The van der Waals surface area contributed by atoms with Crippen molar-refractivity contribution in [1.82, 2.24) is 4.98 Å². The molecular weight excluding hydrogens is 186 g/mol. The second-order valence-corrected chi connectivity index (χ2v) is 3.21. The van der Waals surface area contributed by atoms with Crippen molar-refractivity contribution in [2.24, 2.45) is 0 Å². The van der Waals surface area contributed by atoms with Crippen LogP contribution in [0.1, 0.15) is 18.5 Å². The molecule has 0 atom stereocenters. The van der Waals surface area contributed by atoms with Crippen molar-refractivity contribution in [3.8, 4) is 0 Å². The zero-order valence-corrected chi connectivity index (χ0v) is 8.13. The van der Waals surface area contributed by atoms with Gasteiger partial charge >= 0.3 is 0 Å². The molecule has 0 unspecified atom stereocenters. The minimum absolute atomic E-state index is 0.208. The van der Waals surface area contributed by atoms with Gasteiger partial charge in [-0.3, -0.25) is 9.78 Å². The van der Waals surface area contributed by atoms with Crippen LogP contribution in [-0.4, -0.2) is 16.6 Å². The van der Waals surface area contributed by atoms with E-state index in [-0.39, 0.29) is 5.78 Å². The van der Waals surface area contributed by atoms with Crippen LogP contribution in [0.2, 0.25) is 0 Å². The van der Waals surface area contributed by atoms with Crippen molar-refractivity contribution < 1.29 is 4.79 Å². The maximum absolute atomic E-state index is 11.3. The van der Waals surface area contributed by atoms with Gasteiger partial charge in [-0.2, -0.15) is 0 Å². The summed E-state index contributed by atoms with van der Waals surface area (Å²) >= 11 is 5.48. The number of pyridine rings is 1. The topological polar surface area (TPSA) is 30.0 Å². The summed E-state index contributed by atoms with van der Waals surface area (Å²) in [5.74, 6) is 0.757. The van der Waals surface area contributed by atoms with Gasteiger partial charge in [-0.25, -0.2) is 0 Å². The number of hydrogen-bond acceptors (Lipinski definition) is 2. The van der Waals surface area contributed by atoms with Gasteiger partial charge in [-0.1, -0.05) is 6.07 Å². The van der Waals surface area contributed by atoms with E-state index in [9.17, 15) is 4.79 Å². The Morgan fingerprint density at radius 1 is 1.46 bits per heavy atom. The molecule has 13 heavy (non-hydrogen) atoms. The number of Topliss-reactive ketones (excluding diaryl/α,β-unsaturated/α-hetero) is 1. The molecule has 0 fully saturated rings. The molecule has 0 bridgehead atoms. The molecule has 0 aromatic carbocycles. The van der Waals surface area contributed by atoms with E-state index in [1.54, 1.807) is 6.20 Å². The number of carbonyl (C=O) groups excluding carboxylic acids is 1. The van der Waals surface area contributed by atoms with Crippen LogP contribution in [0.15, 0.2) is 24.4 Å². The Labute approximate surface area is 82.9 Å². The number of nitrogens with zero attached hydrogens (tertiary/aromatic N) is 1.